The highest BCUT2D eigenvalue weighted by Crippen LogP contribution is 2.18. The van der Waals surface area contributed by atoms with Gasteiger partial charge in [-0.25, -0.2) is 0 Å². The maximum Gasteiger partial charge on any atom is 0.308 e. The summed E-state index contributed by atoms with van der Waals surface area (Å²) in [4.78, 5) is 38.7. The summed E-state index contributed by atoms with van der Waals surface area (Å²) in [5.41, 5.74) is 1.29. The zero-order valence-electron chi connectivity index (χ0n) is 16.1. The van der Waals surface area contributed by atoms with E-state index >= 15 is 0 Å². The van der Waals surface area contributed by atoms with Crippen molar-refractivity contribution in [3.63, 3.8) is 0 Å². The maximum absolute atomic E-state index is 12.5. The molecule has 0 spiro atoms. The molecule has 1 saturated heterocycles. The lowest BCUT2D eigenvalue weighted by molar-refractivity contribution is -0.154. The SMILES string of the molecule is O=C(C[C@H](NC(=O)c1ccccc1)c1ccccc1)OCC(=O)N1CCOCC1. The zero-order valence-corrected chi connectivity index (χ0v) is 16.1. The molecule has 0 unspecified atom stereocenters. The number of ether oxygens (including phenoxy) is 2. The Balaban J connectivity index is 1.59. The van der Waals surface area contributed by atoms with Gasteiger partial charge in [-0.05, 0) is 17.7 Å². The monoisotopic (exact) mass is 396 g/mol. The lowest BCUT2D eigenvalue weighted by atomic mass is 10.0. The Bertz CT molecular complexity index is 820. The van der Waals surface area contributed by atoms with Crippen LogP contribution in [0.5, 0.6) is 0 Å². The van der Waals surface area contributed by atoms with Crippen LogP contribution in [-0.4, -0.2) is 55.6 Å². The fourth-order valence-electron chi connectivity index (χ4n) is 3.04. The second-order valence-corrected chi connectivity index (χ2v) is 6.66. The molecule has 2 amide bonds. The number of hydrogen-bond donors (Lipinski definition) is 1. The first-order valence-electron chi connectivity index (χ1n) is 9.55. The zero-order chi connectivity index (χ0) is 20.5. The van der Waals surface area contributed by atoms with Gasteiger partial charge in [-0.1, -0.05) is 48.5 Å². The van der Waals surface area contributed by atoms with Crippen molar-refractivity contribution in [3.8, 4) is 0 Å². The van der Waals surface area contributed by atoms with E-state index in [-0.39, 0.29) is 24.8 Å². The van der Waals surface area contributed by atoms with Gasteiger partial charge in [0.1, 0.15) is 0 Å². The molecular weight excluding hydrogens is 372 g/mol. The number of rotatable bonds is 7. The summed E-state index contributed by atoms with van der Waals surface area (Å²) in [6.07, 6.45) is -0.0705. The topological polar surface area (TPSA) is 84.9 Å². The van der Waals surface area contributed by atoms with Crippen molar-refractivity contribution < 1.29 is 23.9 Å². The van der Waals surface area contributed by atoms with Gasteiger partial charge in [-0.2, -0.15) is 0 Å². The Kier molecular flexibility index (Phi) is 7.35. The molecule has 7 nitrogen and oxygen atoms in total. The van der Waals surface area contributed by atoms with E-state index in [1.54, 1.807) is 29.2 Å². The molecule has 1 aliphatic rings. The summed E-state index contributed by atoms with van der Waals surface area (Å²) in [5.74, 6) is -1.07. The molecule has 0 aromatic heterocycles. The van der Waals surface area contributed by atoms with E-state index in [2.05, 4.69) is 5.32 Å². The summed E-state index contributed by atoms with van der Waals surface area (Å²) in [5, 5.41) is 2.88. The number of carbonyl (C=O) groups excluding carboxylic acids is 3. The van der Waals surface area contributed by atoms with Gasteiger partial charge in [0, 0.05) is 18.7 Å². The number of nitrogens with zero attached hydrogens (tertiary/aromatic N) is 1. The molecule has 7 heteroatoms. The van der Waals surface area contributed by atoms with Crippen LogP contribution in [0.4, 0.5) is 0 Å². The summed E-state index contributed by atoms with van der Waals surface area (Å²) >= 11 is 0. The van der Waals surface area contributed by atoms with Crippen LogP contribution in [0.15, 0.2) is 60.7 Å². The second-order valence-electron chi connectivity index (χ2n) is 6.66. The van der Waals surface area contributed by atoms with Gasteiger partial charge in [-0.3, -0.25) is 14.4 Å². The normalized spacial score (nSPS) is 14.7. The molecule has 1 N–H and O–H groups in total. The van der Waals surface area contributed by atoms with Crippen molar-refractivity contribution in [2.24, 2.45) is 0 Å². The van der Waals surface area contributed by atoms with E-state index < -0.39 is 12.0 Å². The van der Waals surface area contributed by atoms with Crippen LogP contribution in [0.2, 0.25) is 0 Å². The van der Waals surface area contributed by atoms with Gasteiger partial charge in [0.05, 0.1) is 25.7 Å². The number of morpholine rings is 1. The Labute approximate surface area is 169 Å². The summed E-state index contributed by atoms with van der Waals surface area (Å²) < 4.78 is 10.4. The molecule has 0 saturated carbocycles. The average molecular weight is 396 g/mol. The molecule has 0 bridgehead atoms. The summed E-state index contributed by atoms with van der Waals surface area (Å²) in [6.45, 7) is 1.65. The van der Waals surface area contributed by atoms with Crippen molar-refractivity contribution >= 4 is 17.8 Å². The van der Waals surface area contributed by atoms with Crippen molar-refractivity contribution in [3.05, 3.63) is 71.8 Å². The number of esters is 1. The molecule has 0 radical (unpaired) electrons. The number of carbonyl (C=O) groups is 3. The molecule has 29 heavy (non-hydrogen) atoms. The Morgan fingerprint density at radius 1 is 0.966 bits per heavy atom. The van der Waals surface area contributed by atoms with Crippen LogP contribution in [0, 0.1) is 0 Å². The standard InChI is InChI=1S/C22H24N2O5/c25-20(24-11-13-28-14-12-24)16-29-21(26)15-19(17-7-3-1-4-8-17)23-22(27)18-9-5-2-6-10-18/h1-10,19H,11-16H2,(H,23,27)/t19-/m0/s1. The lowest BCUT2D eigenvalue weighted by Gasteiger charge is -2.26. The minimum absolute atomic E-state index is 0.0705. The molecule has 3 rings (SSSR count). The van der Waals surface area contributed by atoms with Gasteiger partial charge in [0.2, 0.25) is 0 Å². The van der Waals surface area contributed by atoms with Crippen molar-refractivity contribution in [1.29, 1.82) is 0 Å². The van der Waals surface area contributed by atoms with Crippen LogP contribution >= 0.6 is 0 Å². The first-order chi connectivity index (χ1) is 14.1. The highest BCUT2D eigenvalue weighted by molar-refractivity contribution is 5.94. The van der Waals surface area contributed by atoms with Crippen molar-refractivity contribution in [2.45, 2.75) is 12.5 Å². The lowest BCUT2D eigenvalue weighted by Crippen LogP contribution is -2.42. The summed E-state index contributed by atoms with van der Waals surface area (Å²) in [7, 11) is 0. The number of amides is 2. The third kappa shape index (κ3) is 6.15. The average Bonchev–Trinajstić information content (AvgIpc) is 2.78. The van der Waals surface area contributed by atoms with E-state index in [9.17, 15) is 14.4 Å². The Morgan fingerprint density at radius 2 is 1.59 bits per heavy atom. The van der Waals surface area contributed by atoms with E-state index in [1.165, 1.54) is 0 Å². The Morgan fingerprint density at radius 3 is 2.24 bits per heavy atom. The Hall–Kier alpha value is -3.19. The maximum atomic E-state index is 12.5. The molecule has 1 fully saturated rings. The van der Waals surface area contributed by atoms with Crippen LogP contribution in [0.25, 0.3) is 0 Å². The third-order valence-corrected chi connectivity index (χ3v) is 4.63. The molecular formula is C22H24N2O5. The van der Waals surface area contributed by atoms with Gasteiger partial charge in [-0.15, -0.1) is 0 Å². The van der Waals surface area contributed by atoms with E-state index in [0.29, 0.717) is 31.9 Å². The first-order valence-corrected chi connectivity index (χ1v) is 9.55. The van der Waals surface area contributed by atoms with Crippen molar-refractivity contribution in [1.82, 2.24) is 10.2 Å². The fourth-order valence-corrected chi connectivity index (χ4v) is 3.04. The molecule has 2 aromatic carbocycles. The van der Waals surface area contributed by atoms with Crippen molar-refractivity contribution in [2.75, 3.05) is 32.9 Å². The summed E-state index contributed by atoms with van der Waals surface area (Å²) in [6, 6.07) is 17.4. The predicted molar refractivity (Wildman–Crippen MR) is 106 cm³/mol. The molecule has 2 aromatic rings. The minimum atomic E-state index is -0.560. The van der Waals surface area contributed by atoms with Crippen LogP contribution in [0.3, 0.4) is 0 Å². The molecule has 1 heterocycles. The highest BCUT2D eigenvalue weighted by Gasteiger charge is 2.22. The smallest absolute Gasteiger partial charge is 0.308 e. The minimum Gasteiger partial charge on any atom is -0.455 e. The molecule has 1 atom stereocenters. The second kappa shape index (κ2) is 10.4. The molecule has 152 valence electrons. The van der Waals surface area contributed by atoms with Crippen LogP contribution < -0.4 is 5.32 Å². The van der Waals surface area contributed by atoms with Gasteiger partial charge < -0.3 is 19.7 Å². The van der Waals surface area contributed by atoms with Gasteiger partial charge >= 0.3 is 5.97 Å². The number of benzene rings is 2. The molecule has 1 aliphatic heterocycles. The molecule has 0 aliphatic carbocycles. The van der Waals surface area contributed by atoms with Gasteiger partial charge in [0.25, 0.3) is 11.8 Å². The fraction of sp³-hybridized carbons (Fsp3) is 0.318. The third-order valence-electron chi connectivity index (χ3n) is 4.63. The van der Waals surface area contributed by atoms with E-state index in [1.807, 2.05) is 36.4 Å². The number of nitrogens with one attached hydrogen (secondary N) is 1. The van der Waals surface area contributed by atoms with Crippen LogP contribution in [0.1, 0.15) is 28.4 Å². The quantitative estimate of drug-likeness (QED) is 0.723. The van der Waals surface area contributed by atoms with E-state index in [0.717, 1.165) is 5.56 Å². The number of hydrogen-bond acceptors (Lipinski definition) is 5. The first kappa shape index (κ1) is 20.5. The van der Waals surface area contributed by atoms with Crippen LogP contribution in [-0.2, 0) is 19.1 Å². The van der Waals surface area contributed by atoms with E-state index in [4.69, 9.17) is 9.47 Å². The highest BCUT2D eigenvalue weighted by atomic mass is 16.5. The van der Waals surface area contributed by atoms with Gasteiger partial charge in [0.15, 0.2) is 6.61 Å². The largest absolute Gasteiger partial charge is 0.455 e. The predicted octanol–water partition coefficient (Wildman–Crippen LogP) is 1.95.